The van der Waals surface area contributed by atoms with Crippen molar-refractivity contribution in [2.45, 2.75) is 64.0 Å². The molecule has 0 saturated carbocycles. The first kappa shape index (κ1) is 25.3. The molecular formula is C32H40N2OS. The molecule has 36 heavy (non-hydrogen) atoms. The van der Waals surface area contributed by atoms with Crippen LogP contribution in [0.1, 0.15) is 59.4 Å². The number of nitrogens with zero attached hydrogens (tertiary/aromatic N) is 2. The molecule has 3 aromatic rings. The number of piperidine rings is 1. The first-order valence-corrected chi connectivity index (χ1v) is 14.4. The molecule has 190 valence electrons. The third kappa shape index (κ3) is 6.29. The van der Waals surface area contributed by atoms with E-state index >= 15 is 0 Å². The van der Waals surface area contributed by atoms with Gasteiger partial charge in [-0.1, -0.05) is 48.5 Å². The van der Waals surface area contributed by atoms with E-state index in [0.717, 1.165) is 64.8 Å². The van der Waals surface area contributed by atoms with Crippen LogP contribution in [0.3, 0.4) is 0 Å². The Hall–Kier alpha value is -2.40. The lowest BCUT2D eigenvalue weighted by Crippen LogP contribution is -2.42. The monoisotopic (exact) mass is 500 g/mol. The molecule has 2 saturated heterocycles. The van der Waals surface area contributed by atoms with Crippen molar-refractivity contribution in [2.75, 3.05) is 26.2 Å². The zero-order valence-corrected chi connectivity index (χ0v) is 22.6. The summed E-state index contributed by atoms with van der Waals surface area (Å²) in [5, 5.41) is 15.7. The average Bonchev–Trinajstić information content (AvgIpc) is 3.54. The maximum atomic E-state index is 11.2. The largest absolute Gasteiger partial charge is 0.390 e. The molecule has 5 rings (SSSR count). The molecule has 1 N–H and O–H groups in total. The van der Waals surface area contributed by atoms with Gasteiger partial charge in [0, 0.05) is 44.8 Å². The van der Waals surface area contributed by atoms with Crippen LogP contribution in [-0.2, 0) is 13.0 Å². The summed E-state index contributed by atoms with van der Waals surface area (Å²) in [6.07, 6.45) is 7.16. The SMILES string of the molecule is Cc1ccc(CN2C/C(=C\N3CCC(O)(CCCc4ccccc4)CC3)C(c3ccsc3)C2)cc1C. The summed E-state index contributed by atoms with van der Waals surface area (Å²) in [5.41, 5.74) is 7.97. The average molecular weight is 501 g/mol. The second-order valence-electron chi connectivity index (χ2n) is 11.0. The molecule has 0 amide bonds. The van der Waals surface area contributed by atoms with Crippen molar-refractivity contribution in [3.05, 3.63) is 105 Å². The van der Waals surface area contributed by atoms with Gasteiger partial charge in [0.1, 0.15) is 0 Å². The zero-order chi connectivity index (χ0) is 25.0. The van der Waals surface area contributed by atoms with Gasteiger partial charge in [0.15, 0.2) is 0 Å². The number of rotatable bonds is 8. The highest BCUT2D eigenvalue weighted by Crippen LogP contribution is 2.36. The van der Waals surface area contributed by atoms with Crippen molar-refractivity contribution in [3.8, 4) is 0 Å². The molecule has 3 nitrogen and oxygen atoms in total. The Kier molecular flexibility index (Phi) is 7.95. The molecule has 4 heteroatoms. The van der Waals surface area contributed by atoms with E-state index in [1.54, 1.807) is 11.3 Å². The number of likely N-dealkylation sites (tertiary alicyclic amines) is 2. The minimum absolute atomic E-state index is 0.467. The van der Waals surface area contributed by atoms with E-state index in [0.29, 0.717) is 5.92 Å². The minimum atomic E-state index is -0.512. The number of hydrogen-bond donors (Lipinski definition) is 1. The fraction of sp³-hybridized carbons (Fsp3) is 0.438. The predicted octanol–water partition coefficient (Wildman–Crippen LogP) is 6.70. The van der Waals surface area contributed by atoms with Crippen LogP contribution in [0, 0.1) is 13.8 Å². The molecule has 0 aliphatic carbocycles. The molecule has 2 fully saturated rings. The van der Waals surface area contributed by atoms with Crippen LogP contribution in [0.4, 0.5) is 0 Å². The lowest BCUT2D eigenvalue weighted by atomic mass is 9.86. The third-order valence-corrected chi connectivity index (χ3v) is 8.95. The van der Waals surface area contributed by atoms with Crippen LogP contribution in [-0.4, -0.2) is 46.7 Å². The summed E-state index contributed by atoms with van der Waals surface area (Å²) in [6.45, 7) is 9.38. The fourth-order valence-corrected chi connectivity index (χ4v) is 6.55. The molecule has 1 atom stereocenters. The van der Waals surface area contributed by atoms with Gasteiger partial charge in [-0.15, -0.1) is 0 Å². The molecule has 0 spiro atoms. The lowest BCUT2D eigenvalue weighted by molar-refractivity contribution is -0.0198. The molecule has 1 aromatic heterocycles. The second-order valence-corrected chi connectivity index (χ2v) is 11.8. The van der Waals surface area contributed by atoms with Gasteiger partial charge in [-0.2, -0.15) is 11.3 Å². The number of thiophene rings is 1. The maximum Gasteiger partial charge on any atom is 0.0681 e. The van der Waals surface area contributed by atoms with Crippen LogP contribution in [0.15, 0.2) is 77.1 Å². The first-order valence-electron chi connectivity index (χ1n) is 13.5. The van der Waals surface area contributed by atoms with Crippen molar-refractivity contribution in [2.24, 2.45) is 0 Å². The Balaban J connectivity index is 1.20. The molecule has 2 aromatic carbocycles. The number of aliphatic hydroxyl groups is 1. The highest BCUT2D eigenvalue weighted by atomic mass is 32.1. The highest BCUT2D eigenvalue weighted by molar-refractivity contribution is 7.08. The lowest BCUT2D eigenvalue weighted by Gasteiger charge is -2.38. The summed E-state index contributed by atoms with van der Waals surface area (Å²) in [4.78, 5) is 5.07. The van der Waals surface area contributed by atoms with Crippen molar-refractivity contribution in [3.63, 3.8) is 0 Å². The number of aryl methyl sites for hydroxylation is 3. The van der Waals surface area contributed by atoms with Crippen LogP contribution in [0.5, 0.6) is 0 Å². The summed E-state index contributed by atoms with van der Waals surface area (Å²) >= 11 is 1.80. The van der Waals surface area contributed by atoms with Crippen LogP contribution in [0.25, 0.3) is 0 Å². The fourth-order valence-electron chi connectivity index (χ4n) is 5.83. The van der Waals surface area contributed by atoms with Gasteiger partial charge in [-0.25, -0.2) is 0 Å². The van der Waals surface area contributed by atoms with E-state index in [-0.39, 0.29) is 0 Å². The Morgan fingerprint density at radius 1 is 1.00 bits per heavy atom. The quantitative estimate of drug-likeness (QED) is 0.373. The van der Waals surface area contributed by atoms with E-state index in [1.807, 2.05) is 0 Å². The van der Waals surface area contributed by atoms with E-state index in [2.05, 4.69) is 95.2 Å². The van der Waals surface area contributed by atoms with Crippen LogP contribution in [0.2, 0.25) is 0 Å². The second kappa shape index (κ2) is 11.3. The minimum Gasteiger partial charge on any atom is -0.390 e. The van der Waals surface area contributed by atoms with Gasteiger partial charge in [-0.3, -0.25) is 4.90 Å². The molecular weight excluding hydrogens is 460 g/mol. The number of benzene rings is 2. The molecule has 0 bridgehead atoms. The van der Waals surface area contributed by atoms with Crippen molar-refractivity contribution in [1.82, 2.24) is 9.80 Å². The Morgan fingerprint density at radius 3 is 2.53 bits per heavy atom. The normalized spacial score (nSPS) is 21.4. The number of hydrogen-bond acceptors (Lipinski definition) is 4. The first-order chi connectivity index (χ1) is 17.5. The van der Waals surface area contributed by atoms with E-state index < -0.39 is 5.60 Å². The topological polar surface area (TPSA) is 26.7 Å². The van der Waals surface area contributed by atoms with Gasteiger partial charge < -0.3 is 10.0 Å². The third-order valence-electron chi connectivity index (χ3n) is 8.25. The Bertz CT molecular complexity index is 1150. The molecule has 3 heterocycles. The van der Waals surface area contributed by atoms with Crippen LogP contribution < -0.4 is 0 Å². The Morgan fingerprint density at radius 2 is 1.81 bits per heavy atom. The summed E-state index contributed by atoms with van der Waals surface area (Å²) in [5.74, 6) is 0.467. The summed E-state index contributed by atoms with van der Waals surface area (Å²) in [7, 11) is 0. The maximum absolute atomic E-state index is 11.2. The van der Waals surface area contributed by atoms with Gasteiger partial charge in [0.2, 0.25) is 0 Å². The summed E-state index contributed by atoms with van der Waals surface area (Å²) in [6, 6.07) is 19.8. The predicted molar refractivity (Wildman–Crippen MR) is 151 cm³/mol. The summed E-state index contributed by atoms with van der Waals surface area (Å²) < 4.78 is 0. The molecule has 1 unspecified atom stereocenters. The Labute approximate surface area is 221 Å². The smallest absolute Gasteiger partial charge is 0.0681 e. The van der Waals surface area contributed by atoms with Gasteiger partial charge >= 0.3 is 0 Å². The van der Waals surface area contributed by atoms with Gasteiger partial charge in [-0.05, 0) is 96.2 Å². The molecule has 0 radical (unpaired) electrons. The van der Waals surface area contributed by atoms with Gasteiger partial charge in [0.25, 0.3) is 0 Å². The van der Waals surface area contributed by atoms with E-state index in [1.165, 1.54) is 33.4 Å². The van der Waals surface area contributed by atoms with E-state index in [9.17, 15) is 5.11 Å². The molecule has 2 aliphatic rings. The van der Waals surface area contributed by atoms with Crippen molar-refractivity contribution in [1.29, 1.82) is 0 Å². The van der Waals surface area contributed by atoms with Crippen molar-refractivity contribution < 1.29 is 5.11 Å². The van der Waals surface area contributed by atoms with Crippen LogP contribution >= 0.6 is 11.3 Å². The van der Waals surface area contributed by atoms with E-state index in [4.69, 9.17) is 0 Å². The standard InChI is InChI=1S/C32H40N2OS/c1-25-10-11-28(19-26(25)2)20-34-22-30(31(23-34)29-12-18-36-24-29)21-33-16-14-32(35,15-17-33)13-6-9-27-7-4-3-5-8-27/h3-5,7-8,10-12,18-19,21,24,31,35H,6,9,13-17,20,22-23H2,1-2H3/b30-21+. The van der Waals surface area contributed by atoms with Crippen molar-refractivity contribution >= 4 is 11.3 Å². The highest BCUT2D eigenvalue weighted by Gasteiger charge is 2.33. The van der Waals surface area contributed by atoms with Gasteiger partial charge in [0.05, 0.1) is 5.60 Å². The zero-order valence-electron chi connectivity index (χ0n) is 21.8. The molecule has 2 aliphatic heterocycles.